The molecular weight excluding hydrogens is 370 g/mol. The molecule has 2 rings (SSSR count). The number of methoxy groups -OCH3 is 1. The van der Waals surface area contributed by atoms with Crippen molar-refractivity contribution >= 4 is 23.5 Å². The quantitative estimate of drug-likeness (QED) is 0.447. The van der Waals surface area contributed by atoms with Crippen molar-refractivity contribution in [1.82, 2.24) is 10.6 Å². The fourth-order valence-electron chi connectivity index (χ4n) is 2.56. The van der Waals surface area contributed by atoms with E-state index in [9.17, 15) is 14.4 Å². The van der Waals surface area contributed by atoms with Crippen LogP contribution >= 0.6 is 0 Å². The predicted molar refractivity (Wildman–Crippen MR) is 99.6 cm³/mol. The van der Waals surface area contributed by atoms with E-state index in [2.05, 4.69) is 10.6 Å². The first-order valence-corrected chi connectivity index (χ1v) is 8.90. The molecule has 1 saturated heterocycles. The van der Waals surface area contributed by atoms with E-state index in [4.69, 9.17) is 19.3 Å². The van der Waals surface area contributed by atoms with Crippen molar-refractivity contribution < 1.29 is 33.7 Å². The molecule has 1 fully saturated rings. The third kappa shape index (κ3) is 6.19. The summed E-state index contributed by atoms with van der Waals surface area (Å²) in [5.74, 6) is -0.235. The number of aliphatic hydroxyl groups excluding tert-OH is 1. The smallest absolute Gasteiger partial charge is 0.328 e. The number of rotatable bonds is 11. The summed E-state index contributed by atoms with van der Waals surface area (Å²) < 4.78 is 15.6. The van der Waals surface area contributed by atoms with E-state index in [-0.39, 0.29) is 38.0 Å². The maximum atomic E-state index is 12.4. The molecule has 0 aliphatic carbocycles. The average Bonchev–Trinajstić information content (AvgIpc) is 2.69. The van der Waals surface area contributed by atoms with Gasteiger partial charge in [0.15, 0.2) is 0 Å². The molecule has 1 aromatic carbocycles. The number of imide groups is 1. The van der Waals surface area contributed by atoms with E-state index in [1.807, 2.05) is 0 Å². The standard InChI is InChI=1S/C18H25N3O7/c1-26-15-3-2-13(12-14(15)21-6-4-16(23)20-18(21)25)17(24)19-5-8-27-10-11-28-9-7-22/h2-3,12,22H,4-11H2,1H3,(H,19,24)(H,20,23,25). The zero-order chi connectivity index (χ0) is 20.4. The second kappa shape index (κ2) is 11.2. The molecule has 0 saturated carbocycles. The predicted octanol–water partition coefficient (Wildman–Crippen LogP) is -0.103. The van der Waals surface area contributed by atoms with E-state index >= 15 is 0 Å². The SMILES string of the molecule is COc1ccc(C(=O)NCCOCCOCCO)cc1N1CCC(=O)NC1=O. The van der Waals surface area contributed by atoms with Gasteiger partial charge in [-0.25, -0.2) is 4.79 Å². The van der Waals surface area contributed by atoms with Crippen LogP contribution in [-0.4, -0.2) is 76.2 Å². The summed E-state index contributed by atoms with van der Waals surface area (Å²) in [5.41, 5.74) is 0.768. The second-order valence-electron chi connectivity index (χ2n) is 5.85. The molecule has 0 radical (unpaired) electrons. The lowest BCUT2D eigenvalue weighted by molar-refractivity contribution is -0.120. The molecule has 1 heterocycles. The van der Waals surface area contributed by atoms with Crippen molar-refractivity contribution in [2.45, 2.75) is 6.42 Å². The fourth-order valence-corrected chi connectivity index (χ4v) is 2.56. The van der Waals surface area contributed by atoms with E-state index in [0.717, 1.165) is 0 Å². The molecule has 1 aliphatic rings. The number of ether oxygens (including phenoxy) is 3. The second-order valence-corrected chi connectivity index (χ2v) is 5.85. The minimum atomic E-state index is -0.552. The number of urea groups is 1. The Kier molecular flexibility index (Phi) is 8.66. The van der Waals surface area contributed by atoms with Crippen LogP contribution in [0.5, 0.6) is 5.75 Å². The van der Waals surface area contributed by atoms with Crippen LogP contribution in [0.1, 0.15) is 16.8 Å². The lowest BCUT2D eigenvalue weighted by atomic mass is 10.1. The van der Waals surface area contributed by atoms with Crippen molar-refractivity contribution in [2.75, 3.05) is 58.1 Å². The van der Waals surface area contributed by atoms with Gasteiger partial charge in [0.1, 0.15) is 5.75 Å². The Bertz CT molecular complexity index is 696. The molecule has 10 nitrogen and oxygen atoms in total. The van der Waals surface area contributed by atoms with Gasteiger partial charge in [-0.05, 0) is 18.2 Å². The zero-order valence-corrected chi connectivity index (χ0v) is 15.7. The van der Waals surface area contributed by atoms with Gasteiger partial charge in [0.05, 0.1) is 45.8 Å². The first kappa shape index (κ1) is 21.6. The molecule has 0 atom stereocenters. The molecule has 154 valence electrons. The minimum Gasteiger partial charge on any atom is -0.495 e. The normalized spacial score (nSPS) is 14.0. The number of carbonyl (C=O) groups excluding carboxylic acids is 3. The average molecular weight is 395 g/mol. The number of nitrogens with one attached hydrogen (secondary N) is 2. The first-order chi connectivity index (χ1) is 13.6. The van der Waals surface area contributed by atoms with Crippen molar-refractivity contribution in [3.05, 3.63) is 23.8 Å². The highest BCUT2D eigenvalue weighted by molar-refractivity contribution is 6.07. The third-order valence-corrected chi connectivity index (χ3v) is 3.93. The minimum absolute atomic E-state index is 0.0324. The highest BCUT2D eigenvalue weighted by atomic mass is 16.5. The van der Waals surface area contributed by atoms with Gasteiger partial charge in [0, 0.05) is 25.1 Å². The van der Waals surface area contributed by atoms with Crippen molar-refractivity contribution in [2.24, 2.45) is 0 Å². The largest absolute Gasteiger partial charge is 0.495 e. The molecule has 0 aromatic heterocycles. The summed E-state index contributed by atoms with van der Waals surface area (Å²) in [5, 5.41) is 13.6. The first-order valence-electron chi connectivity index (χ1n) is 8.90. The van der Waals surface area contributed by atoms with E-state index < -0.39 is 6.03 Å². The number of anilines is 1. The Morgan fingerprint density at radius 2 is 1.96 bits per heavy atom. The zero-order valence-electron chi connectivity index (χ0n) is 15.7. The van der Waals surface area contributed by atoms with Gasteiger partial charge in [-0.15, -0.1) is 0 Å². The van der Waals surface area contributed by atoms with Crippen molar-refractivity contribution in [3.63, 3.8) is 0 Å². The number of nitrogens with zero attached hydrogens (tertiary/aromatic N) is 1. The van der Waals surface area contributed by atoms with Gasteiger partial charge < -0.3 is 24.6 Å². The molecular formula is C18H25N3O7. The number of aliphatic hydroxyl groups is 1. The van der Waals surface area contributed by atoms with Crippen LogP contribution in [0.3, 0.4) is 0 Å². The molecule has 0 unspecified atom stereocenters. The van der Waals surface area contributed by atoms with Crippen LogP contribution in [0, 0.1) is 0 Å². The van der Waals surface area contributed by atoms with Crippen molar-refractivity contribution in [3.8, 4) is 5.75 Å². The number of hydrogen-bond donors (Lipinski definition) is 3. The Balaban J connectivity index is 1.90. The number of hydrogen-bond acceptors (Lipinski definition) is 7. The molecule has 1 aliphatic heterocycles. The van der Waals surface area contributed by atoms with Gasteiger partial charge in [0.25, 0.3) is 5.91 Å². The molecule has 28 heavy (non-hydrogen) atoms. The van der Waals surface area contributed by atoms with E-state index in [1.54, 1.807) is 18.2 Å². The summed E-state index contributed by atoms with van der Waals surface area (Å²) in [6.07, 6.45) is 0.171. The summed E-state index contributed by atoms with van der Waals surface area (Å²) in [7, 11) is 1.47. The van der Waals surface area contributed by atoms with E-state index in [0.29, 0.717) is 43.4 Å². The Morgan fingerprint density at radius 3 is 2.64 bits per heavy atom. The van der Waals surface area contributed by atoms with Crippen LogP contribution in [-0.2, 0) is 14.3 Å². The summed E-state index contributed by atoms with van der Waals surface area (Å²) in [6, 6.07) is 4.19. The third-order valence-electron chi connectivity index (χ3n) is 3.93. The summed E-state index contributed by atoms with van der Waals surface area (Å²) in [4.78, 5) is 37.2. The Labute approximate surface area is 162 Å². The molecule has 1 aromatic rings. The van der Waals surface area contributed by atoms with Gasteiger partial charge >= 0.3 is 6.03 Å². The molecule has 3 N–H and O–H groups in total. The fraction of sp³-hybridized carbons (Fsp3) is 0.500. The maximum absolute atomic E-state index is 12.4. The van der Waals surface area contributed by atoms with Gasteiger partial charge in [-0.3, -0.25) is 19.8 Å². The summed E-state index contributed by atoms with van der Waals surface area (Å²) in [6.45, 7) is 1.80. The number of carbonyl (C=O) groups is 3. The lowest BCUT2D eigenvalue weighted by Crippen LogP contribution is -2.49. The Morgan fingerprint density at radius 1 is 1.21 bits per heavy atom. The molecule has 10 heteroatoms. The van der Waals surface area contributed by atoms with Gasteiger partial charge in [0.2, 0.25) is 5.91 Å². The topological polar surface area (TPSA) is 126 Å². The van der Waals surface area contributed by atoms with Crippen LogP contribution < -0.4 is 20.3 Å². The highest BCUT2D eigenvalue weighted by Crippen LogP contribution is 2.30. The lowest BCUT2D eigenvalue weighted by Gasteiger charge is -2.28. The summed E-state index contributed by atoms with van der Waals surface area (Å²) >= 11 is 0. The van der Waals surface area contributed by atoms with E-state index in [1.165, 1.54) is 12.0 Å². The molecule has 0 spiro atoms. The van der Waals surface area contributed by atoms with Gasteiger partial charge in [-0.1, -0.05) is 0 Å². The highest BCUT2D eigenvalue weighted by Gasteiger charge is 2.27. The van der Waals surface area contributed by atoms with Crippen LogP contribution in [0.4, 0.5) is 10.5 Å². The molecule has 4 amide bonds. The van der Waals surface area contributed by atoms with Crippen LogP contribution in [0.15, 0.2) is 18.2 Å². The molecule has 0 bridgehead atoms. The Hall–Kier alpha value is -2.69. The van der Waals surface area contributed by atoms with Crippen LogP contribution in [0.25, 0.3) is 0 Å². The number of amides is 4. The van der Waals surface area contributed by atoms with Gasteiger partial charge in [-0.2, -0.15) is 0 Å². The van der Waals surface area contributed by atoms with Crippen molar-refractivity contribution in [1.29, 1.82) is 0 Å². The maximum Gasteiger partial charge on any atom is 0.328 e. The monoisotopic (exact) mass is 395 g/mol. The van der Waals surface area contributed by atoms with Crippen LogP contribution in [0.2, 0.25) is 0 Å². The number of benzene rings is 1.